The van der Waals surface area contributed by atoms with Crippen molar-refractivity contribution in [1.82, 2.24) is 0 Å². The van der Waals surface area contributed by atoms with Crippen molar-refractivity contribution in [3.8, 4) is 0 Å². The van der Waals surface area contributed by atoms with Crippen molar-refractivity contribution in [2.75, 3.05) is 0 Å². The topological polar surface area (TPSA) is 92.0 Å². The van der Waals surface area contributed by atoms with Crippen molar-refractivity contribution in [2.24, 2.45) is 33.5 Å². The molecule has 1 aromatic rings. The number of hydrogen-bond acceptors (Lipinski definition) is 7. The predicted molar refractivity (Wildman–Crippen MR) is 135 cm³/mol. The second-order valence-corrected chi connectivity index (χ2v) is 13.1. The third-order valence-electron chi connectivity index (χ3n) is 10.8. The van der Waals surface area contributed by atoms with Gasteiger partial charge in [-0.05, 0) is 61.0 Å². The van der Waals surface area contributed by atoms with Crippen LogP contribution >= 0.6 is 0 Å². The first-order chi connectivity index (χ1) is 17.2. The Labute approximate surface area is 219 Å². The van der Waals surface area contributed by atoms with Crippen LogP contribution in [-0.4, -0.2) is 30.1 Å². The average Bonchev–Trinajstić information content (AvgIpc) is 3.32. The molecule has 0 radical (unpaired) electrons. The summed E-state index contributed by atoms with van der Waals surface area (Å²) in [5.41, 5.74) is 0.489. The van der Waals surface area contributed by atoms with E-state index in [0.29, 0.717) is 6.42 Å². The van der Waals surface area contributed by atoms with Gasteiger partial charge in [0.15, 0.2) is 0 Å². The molecule has 0 saturated heterocycles. The van der Waals surface area contributed by atoms with Gasteiger partial charge in [0.1, 0.15) is 18.3 Å². The largest absolute Gasteiger partial charge is 0.472 e. The molecule has 2 unspecified atom stereocenters. The van der Waals surface area contributed by atoms with E-state index in [9.17, 15) is 14.4 Å². The highest BCUT2D eigenvalue weighted by atomic mass is 16.6. The van der Waals surface area contributed by atoms with E-state index in [-0.39, 0.29) is 46.7 Å². The van der Waals surface area contributed by atoms with Crippen LogP contribution in [0.1, 0.15) is 92.2 Å². The Morgan fingerprint density at radius 1 is 0.946 bits per heavy atom. The quantitative estimate of drug-likeness (QED) is 0.366. The lowest BCUT2D eigenvalue weighted by atomic mass is 9.36. The minimum Gasteiger partial charge on any atom is -0.472 e. The molecule has 0 amide bonds. The van der Waals surface area contributed by atoms with Crippen LogP contribution in [0, 0.1) is 33.5 Å². The minimum absolute atomic E-state index is 0.0831. The summed E-state index contributed by atoms with van der Waals surface area (Å²) in [6.07, 6.45) is 7.98. The molecule has 3 saturated carbocycles. The smallest absolute Gasteiger partial charge is 0.331 e. The van der Waals surface area contributed by atoms with Gasteiger partial charge in [-0.25, -0.2) is 4.79 Å². The van der Waals surface area contributed by atoms with E-state index >= 15 is 0 Å². The lowest BCUT2D eigenvalue weighted by Gasteiger charge is -2.69. The van der Waals surface area contributed by atoms with Crippen molar-refractivity contribution in [3.05, 3.63) is 35.8 Å². The molecule has 4 aliphatic rings. The van der Waals surface area contributed by atoms with E-state index in [1.807, 2.05) is 6.07 Å². The fourth-order valence-corrected chi connectivity index (χ4v) is 9.24. The number of fused-ring (bicyclic) bond motifs is 5. The molecular weight excluding hydrogens is 472 g/mol. The van der Waals surface area contributed by atoms with Crippen molar-refractivity contribution >= 4 is 17.9 Å². The van der Waals surface area contributed by atoms with Gasteiger partial charge in [-0.1, -0.05) is 34.6 Å². The van der Waals surface area contributed by atoms with Gasteiger partial charge in [0, 0.05) is 41.7 Å². The number of furan rings is 1. The van der Waals surface area contributed by atoms with Gasteiger partial charge in [-0.15, -0.1) is 0 Å². The number of ether oxygens (including phenoxy) is 3. The van der Waals surface area contributed by atoms with Gasteiger partial charge < -0.3 is 18.6 Å². The Morgan fingerprint density at radius 3 is 2.24 bits per heavy atom. The van der Waals surface area contributed by atoms with Crippen LogP contribution < -0.4 is 0 Å². The van der Waals surface area contributed by atoms with Crippen LogP contribution in [0.3, 0.4) is 0 Å². The molecule has 0 bridgehead atoms. The van der Waals surface area contributed by atoms with E-state index in [1.165, 1.54) is 13.8 Å². The zero-order valence-corrected chi connectivity index (χ0v) is 23.1. The Balaban J connectivity index is 1.63. The first-order valence-electron chi connectivity index (χ1n) is 13.5. The first kappa shape index (κ1) is 26.1. The molecular formula is C30H40O7. The molecule has 1 aliphatic heterocycles. The fourth-order valence-electron chi connectivity index (χ4n) is 9.24. The SMILES string of the molecule is CC(=O)O[C@H]1CC[C@@]2(C)C(C[C@H](OC(C)=O)[C@@]3(C)C4=CC(=O)O[C@@H](c5ccoc5)[C@]4(C)CCC23)C1(C)C. The molecule has 3 aliphatic carbocycles. The number of hydrogen-bond donors (Lipinski definition) is 0. The Bertz CT molecular complexity index is 1130. The van der Waals surface area contributed by atoms with Crippen LogP contribution in [-0.2, 0) is 28.6 Å². The van der Waals surface area contributed by atoms with Crippen LogP contribution in [0.15, 0.2) is 34.7 Å². The van der Waals surface area contributed by atoms with Gasteiger partial charge in [0.25, 0.3) is 0 Å². The maximum absolute atomic E-state index is 13.0. The number of carbonyl (C=O) groups is 3. The van der Waals surface area contributed by atoms with Crippen LogP contribution in [0.5, 0.6) is 0 Å². The summed E-state index contributed by atoms with van der Waals surface area (Å²) in [6, 6.07) is 1.86. The van der Waals surface area contributed by atoms with Crippen LogP contribution in [0.25, 0.3) is 0 Å². The molecule has 5 rings (SSSR count). The van der Waals surface area contributed by atoms with Crippen molar-refractivity contribution in [3.63, 3.8) is 0 Å². The minimum atomic E-state index is -0.546. The standard InChI is InChI=1S/C30H40O7/c1-17(31)35-23-9-12-28(5)20-8-11-29(6)22(15-25(33)37-26(29)19-10-13-34-16-19)30(20,7)24(36-18(2)32)14-21(28)27(23,3)4/h10,13,15-16,20-21,23-24,26H,8-9,11-12,14H2,1-7H3/t20?,21?,23-,24-,26-,28+,29+,30+/m0/s1. The van der Waals surface area contributed by atoms with E-state index in [0.717, 1.165) is 36.8 Å². The lowest BCUT2D eigenvalue weighted by Crippen LogP contribution is -2.67. The summed E-state index contributed by atoms with van der Waals surface area (Å²) >= 11 is 0. The van der Waals surface area contributed by atoms with Crippen molar-refractivity contribution < 1.29 is 33.0 Å². The average molecular weight is 513 g/mol. The summed E-state index contributed by atoms with van der Waals surface area (Å²) in [7, 11) is 0. The second-order valence-electron chi connectivity index (χ2n) is 13.1. The van der Waals surface area contributed by atoms with E-state index in [4.69, 9.17) is 18.6 Å². The third kappa shape index (κ3) is 3.70. The lowest BCUT2D eigenvalue weighted by molar-refractivity contribution is -0.230. The molecule has 1 aromatic heterocycles. The van der Waals surface area contributed by atoms with Crippen LogP contribution in [0.2, 0.25) is 0 Å². The maximum Gasteiger partial charge on any atom is 0.331 e. The molecule has 0 aromatic carbocycles. The third-order valence-corrected chi connectivity index (χ3v) is 10.8. The molecule has 3 fully saturated rings. The summed E-state index contributed by atoms with van der Waals surface area (Å²) in [5.74, 6) is -0.602. The highest BCUT2D eigenvalue weighted by Gasteiger charge is 2.70. The predicted octanol–water partition coefficient (Wildman–Crippen LogP) is 5.94. The van der Waals surface area contributed by atoms with Gasteiger partial charge in [-0.2, -0.15) is 0 Å². The first-order valence-corrected chi connectivity index (χ1v) is 13.5. The second kappa shape index (κ2) is 8.47. The van der Waals surface area contributed by atoms with E-state index < -0.39 is 23.0 Å². The Morgan fingerprint density at radius 2 is 1.62 bits per heavy atom. The maximum atomic E-state index is 13.0. The highest BCUT2D eigenvalue weighted by molar-refractivity contribution is 5.85. The summed E-state index contributed by atoms with van der Waals surface area (Å²) in [6.45, 7) is 14.0. The Hall–Kier alpha value is -2.57. The van der Waals surface area contributed by atoms with Crippen LogP contribution in [0.4, 0.5) is 0 Å². The zero-order chi connectivity index (χ0) is 27.0. The van der Waals surface area contributed by atoms with Crippen molar-refractivity contribution in [1.29, 1.82) is 0 Å². The van der Waals surface area contributed by atoms with Gasteiger partial charge in [0.05, 0.1) is 12.5 Å². The molecule has 2 heterocycles. The monoisotopic (exact) mass is 512 g/mol. The highest BCUT2D eigenvalue weighted by Crippen LogP contribution is 2.73. The van der Waals surface area contributed by atoms with E-state index in [1.54, 1.807) is 18.6 Å². The molecule has 7 nitrogen and oxygen atoms in total. The molecule has 202 valence electrons. The summed E-state index contributed by atoms with van der Waals surface area (Å²) in [4.78, 5) is 37.4. The summed E-state index contributed by atoms with van der Waals surface area (Å²) in [5, 5.41) is 0. The summed E-state index contributed by atoms with van der Waals surface area (Å²) < 4.78 is 23.3. The van der Waals surface area contributed by atoms with Crippen molar-refractivity contribution in [2.45, 2.75) is 98.9 Å². The Kier molecular flexibility index (Phi) is 5.96. The van der Waals surface area contributed by atoms with Gasteiger partial charge in [0.2, 0.25) is 0 Å². The van der Waals surface area contributed by atoms with E-state index in [2.05, 4.69) is 34.6 Å². The number of rotatable bonds is 3. The fraction of sp³-hybridized carbons (Fsp3) is 0.700. The number of cyclic esters (lactones) is 1. The molecule has 0 N–H and O–H groups in total. The molecule has 37 heavy (non-hydrogen) atoms. The molecule has 7 heteroatoms. The van der Waals surface area contributed by atoms with Gasteiger partial charge in [-0.3, -0.25) is 9.59 Å². The molecule has 8 atom stereocenters. The zero-order valence-electron chi connectivity index (χ0n) is 23.1. The van der Waals surface area contributed by atoms with Gasteiger partial charge >= 0.3 is 17.9 Å². The number of esters is 3. The molecule has 0 spiro atoms. The normalized spacial score (nSPS) is 42.3. The number of carbonyl (C=O) groups excluding carboxylic acids is 3.